The van der Waals surface area contributed by atoms with Crippen molar-refractivity contribution in [2.75, 3.05) is 93.9 Å². The van der Waals surface area contributed by atoms with E-state index in [9.17, 15) is 43.4 Å². The normalized spacial score (nSPS) is 38.6. The van der Waals surface area contributed by atoms with Gasteiger partial charge in [0.25, 0.3) is 16.7 Å². The third-order valence-electron chi connectivity index (χ3n) is 24.1. The number of nitrogens with one attached hydrogen (secondary N) is 3. The standard InChI is InChI=1S/3C22H25N9O10P2S2/c3*23-10-1-2-25-16-12(10)26-7-30(16)20-14-15-22(39-20,5-35-14)6-37-43(34,45)40-11-3-9(4-36-42(33,44)41-15)38-19(11)31-8-27-13-17(31)28-21(24)29-18(13)32/h3*1-2,7-9,11,14-15,19-20H,3-6H2,(H2,23,25)(H,33,44)(H,34,45)(H3,24,28,29,32)/t3*9-,11+,14+,15-,19+,20+,22+,42?,43?/m000/s1. The van der Waals surface area contributed by atoms with Gasteiger partial charge in [-0.25, -0.2) is 49.4 Å². The van der Waals surface area contributed by atoms with Gasteiger partial charge in [0.05, 0.1) is 133 Å². The van der Waals surface area contributed by atoms with Crippen molar-refractivity contribution in [3.05, 3.63) is 106 Å². The topological polar surface area (TPSA) is 751 Å². The van der Waals surface area contributed by atoms with Crippen molar-refractivity contribution in [3.63, 3.8) is 0 Å². The van der Waals surface area contributed by atoms with Crippen LogP contribution in [0.3, 0.4) is 0 Å². The van der Waals surface area contributed by atoms with E-state index in [0.717, 1.165) is 0 Å². The third-order valence-corrected chi connectivity index (χ3v) is 33.4. The highest BCUT2D eigenvalue weighted by Crippen LogP contribution is 2.65. The van der Waals surface area contributed by atoms with Gasteiger partial charge < -0.3 is 133 Å². The number of rotatable bonds is 6. The Balaban J connectivity index is 0.000000118. The smallest absolute Gasteiger partial charge is 0.386 e. The summed E-state index contributed by atoms with van der Waals surface area (Å²) in [6, 6.07) is 4.87. The maximum absolute atomic E-state index is 13.7. The largest absolute Gasteiger partial charge is 0.397 e. The molecule has 20 N–H and O–H groups in total. The van der Waals surface area contributed by atoms with E-state index in [0.29, 0.717) is 50.6 Å². The van der Waals surface area contributed by atoms with Crippen molar-refractivity contribution in [3.8, 4) is 0 Å². The van der Waals surface area contributed by atoms with Gasteiger partial charge in [0, 0.05) is 37.9 Å². The zero-order chi connectivity index (χ0) is 93.9. The second-order valence-corrected chi connectivity index (χ2v) is 49.6. The van der Waals surface area contributed by atoms with E-state index in [-0.39, 0.29) is 123 Å². The summed E-state index contributed by atoms with van der Waals surface area (Å²) in [5, 5.41) is 0. The number of ether oxygens (including phenoxy) is 9. The van der Waals surface area contributed by atoms with E-state index in [1.54, 1.807) is 31.9 Å². The number of nitrogens with zero attached hydrogens (tertiary/aromatic N) is 18. The molecule has 0 radical (unpaired) electrons. The van der Waals surface area contributed by atoms with E-state index in [4.69, 9.17) is 190 Å². The Bertz CT molecular complexity index is 6650. The Morgan fingerprint density at radius 2 is 0.637 bits per heavy atom. The fraction of sp³-hybridized carbons (Fsp3) is 0.500. The maximum atomic E-state index is 13.7. The lowest BCUT2D eigenvalue weighted by Crippen LogP contribution is -2.45. The maximum Gasteiger partial charge on any atom is 0.386 e. The first-order valence-electron chi connectivity index (χ1n) is 40.4. The molecule has 0 spiro atoms. The van der Waals surface area contributed by atoms with Crippen LogP contribution in [0.15, 0.2) is 89.1 Å². The van der Waals surface area contributed by atoms with Crippen molar-refractivity contribution in [1.29, 1.82) is 0 Å². The van der Waals surface area contributed by atoms with Gasteiger partial charge in [-0.05, 0) is 77.2 Å². The summed E-state index contributed by atoms with van der Waals surface area (Å²) in [6.45, 7) is -26.0. The zero-order valence-electron chi connectivity index (χ0n) is 68.4. The minimum atomic E-state index is -4.15. The Morgan fingerprint density at radius 3 is 0.948 bits per heavy atom. The van der Waals surface area contributed by atoms with Gasteiger partial charge in [0.1, 0.15) is 88.3 Å². The Morgan fingerprint density at radius 1 is 0.363 bits per heavy atom. The van der Waals surface area contributed by atoms with Crippen LogP contribution in [-0.4, -0.2) is 276 Å². The second kappa shape index (κ2) is 34.2. The molecule has 12 aromatic heterocycles. The van der Waals surface area contributed by atoms with Gasteiger partial charge in [-0.3, -0.25) is 79.4 Å². The Kier molecular flexibility index (Phi) is 23.4. The highest BCUT2D eigenvalue weighted by atomic mass is 32.7. The number of anilines is 6. The minimum Gasteiger partial charge on any atom is -0.397 e. The summed E-state index contributed by atoms with van der Waals surface area (Å²) >= 11 is 31.3. The number of hydrogen-bond acceptors (Lipinski definition) is 48. The van der Waals surface area contributed by atoms with Gasteiger partial charge in [-0.1, -0.05) is 12.2 Å². The van der Waals surface area contributed by atoms with Gasteiger partial charge in [-0.15, -0.1) is 0 Å². The molecule has 12 aliphatic heterocycles. The fourth-order valence-electron chi connectivity index (χ4n) is 18.2. The summed E-state index contributed by atoms with van der Waals surface area (Å²) in [5.41, 5.74) is 33.9. The number of fused-ring (bicyclic) bond motifs is 12. The molecule has 12 bridgehead atoms. The molecule has 0 amide bonds. The molecule has 720 valence electrons. The van der Waals surface area contributed by atoms with Gasteiger partial charge >= 0.3 is 40.4 Å². The zero-order valence-corrected chi connectivity index (χ0v) is 78.8. The van der Waals surface area contributed by atoms with Crippen LogP contribution in [0.25, 0.3) is 67.0 Å². The van der Waals surface area contributed by atoms with Gasteiger partial charge in [0.2, 0.25) is 17.8 Å². The first-order valence-corrected chi connectivity index (χ1v) is 56.1. The number of pyridine rings is 3. The Hall–Kier alpha value is -7.50. The van der Waals surface area contributed by atoms with Crippen molar-refractivity contribution in [2.24, 2.45) is 0 Å². The molecule has 12 fully saturated rings. The molecule has 12 aliphatic rings. The van der Waals surface area contributed by atoms with Crippen LogP contribution in [-0.2, 0) is 161 Å². The molecular formula is C66H75N27O30P6S6. The average Bonchev–Trinajstić information content (AvgIpc) is 1.56. The Labute approximate surface area is 783 Å². The highest BCUT2D eigenvalue weighted by Gasteiger charge is 2.69. The predicted octanol–water partition coefficient (Wildman–Crippen LogP) is 0.622. The molecule has 135 heavy (non-hydrogen) atoms. The molecule has 12 saturated heterocycles. The van der Waals surface area contributed by atoms with Crippen LogP contribution in [0.5, 0.6) is 0 Å². The third kappa shape index (κ3) is 16.9. The molecule has 6 unspecified atom stereocenters. The number of imidazole rings is 6. The summed E-state index contributed by atoms with van der Waals surface area (Å²) in [4.78, 5) is 151. The molecule has 0 aliphatic carbocycles. The lowest BCUT2D eigenvalue weighted by atomic mass is 10.0. The van der Waals surface area contributed by atoms with E-state index in [2.05, 4.69) is 87.0 Å². The summed E-state index contributed by atoms with van der Waals surface area (Å²) in [7, 11) is 0. The predicted molar refractivity (Wildman–Crippen MR) is 481 cm³/mol. The summed E-state index contributed by atoms with van der Waals surface area (Å²) in [5.74, 6) is -0.412. The van der Waals surface area contributed by atoms with Crippen LogP contribution in [0, 0.1) is 0 Å². The molecule has 0 saturated carbocycles. The quantitative estimate of drug-likeness (QED) is 0.0801. The number of aromatic nitrogens is 21. The van der Waals surface area contributed by atoms with Crippen LogP contribution in [0.1, 0.15) is 56.6 Å². The lowest BCUT2D eigenvalue weighted by molar-refractivity contribution is -0.183. The molecule has 27 atom stereocenters. The first kappa shape index (κ1) is 92.5. The number of hydrogen-bond donors (Lipinski definition) is 15. The van der Waals surface area contributed by atoms with E-state index >= 15 is 0 Å². The SMILES string of the molecule is Nc1nc2c(ncn2[C@@H]2O[C@@H]3COP(O)(=S)O[C@H]4[C@H]5OC[C@]4(COP(=O)(S)O[C@@H]2C3)O[C@H]5n2cnc3c(N)ccnc32)c(=O)[nH]1.Nc1nc2c(ncn2[C@@H]2O[C@@H]3COP(O)(=S)O[C@H]4[C@H]5OC[C@]4(COP(O)(=S)O[C@@H]2C3)O[C@H]5n2cnc3c(N)ccnc32)c(=O)[nH]1.Nc1nc2c(ncn2[C@@H]2O[C@@H]3COP(O)(=S)O[C@H]4[C@H]5OC[C@]4(COP(O)(=S)O[C@@H]2C3)O[C@H]5n2cnc3c(N)ccnc32)c(=O)[nH]1. The molecule has 12 aromatic rings. The van der Waals surface area contributed by atoms with E-state index in [1.165, 1.54) is 70.3 Å². The monoisotopic (exact) mass is 2100 g/mol. The average molecular weight is 2100 g/mol. The molecule has 69 heteroatoms. The van der Waals surface area contributed by atoms with Crippen LogP contribution >= 0.6 is 52.6 Å². The summed E-state index contributed by atoms with van der Waals surface area (Å²) < 4.78 is 150. The van der Waals surface area contributed by atoms with Crippen LogP contribution in [0.2, 0.25) is 0 Å². The van der Waals surface area contributed by atoms with Crippen molar-refractivity contribution < 1.29 is 126 Å². The highest BCUT2D eigenvalue weighted by molar-refractivity contribution is 8.44. The van der Waals surface area contributed by atoms with Crippen molar-refractivity contribution in [1.82, 2.24) is 102 Å². The number of nitrogens with two attached hydrogens (primary N) is 6. The number of thiol groups is 1. The molecule has 57 nitrogen and oxygen atoms in total. The fourth-order valence-corrected chi connectivity index (χ4v) is 27.0. The van der Waals surface area contributed by atoms with Gasteiger partial charge in [0.15, 0.2) is 87.8 Å². The molecule has 24 heterocycles. The number of nitrogen functional groups attached to an aromatic ring is 6. The van der Waals surface area contributed by atoms with Crippen molar-refractivity contribution in [2.45, 2.75) is 147 Å². The molecular weight excluding hydrogens is 2030 g/mol. The minimum absolute atomic E-state index is 0.00245. The van der Waals surface area contributed by atoms with Crippen LogP contribution < -0.4 is 51.1 Å². The van der Waals surface area contributed by atoms with Crippen molar-refractivity contribution >= 4 is 214 Å². The lowest BCUT2D eigenvalue weighted by Gasteiger charge is -2.33. The number of H-pyrrole nitrogens is 3. The molecule has 0 aromatic carbocycles. The summed E-state index contributed by atoms with van der Waals surface area (Å²) in [6.07, 6.45) is -2.67. The van der Waals surface area contributed by atoms with Gasteiger partial charge in [-0.2, -0.15) is 15.0 Å². The molecule has 24 rings (SSSR count). The first-order chi connectivity index (χ1) is 64.3. The van der Waals surface area contributed by atoms with E-state index in [1.807, 2.05) is 0 Å². The number of aromatic amines is 3. The van der Waals surface area contributed by atoms with E-state index < -0.39 is 191 Å². The van der Waals surface area contributed by atoms with Crippen LogP contribution in [0.4, 0.5) is 34.9 Å². The second-order valence-electron chi connectivity index (χ2n) is 32.7.